The Morgan fingerprint density at radius 2 is 1.59 bits per heavy atom. The van der Waals surface area contributed by atoms with Gasteiger partial charge in [-0.05, 0) is 36.2 Å². The van der Waals surface area contributed by atoms with E-state index < -0.39 is 28.9 Å². The third-order valence-corrected chi connectivity index (χ3v) is 5.81. The molecule has 0 saturated carbocycles. The number of hydrogen-bond donors (Lipinski definition) is 0. The van der Waals surface area contributed by atoms with Gasteiger partial charge < -0.3 is 0 Å². The largest absolute Gasteiger partial charge is 0.273 e. The van der Waals surface area contributed by atoms with Gasteiger partial charge >= 0.3 is 0 Å². The van der Waals surface area contributed by atoms with Crippen molar-refractivity contribution in [3.8, 4) is 0 Å². The van der Waals surface area contributed by atoms with Gasteiger partial charge in [0.15, 0.2) is 6.10 Å². The molecule has 0 bridgehead atoms. The van der Waals surface area contributed by atoms with Crippen molar-refractivity contribution in [3.05, 3.63) is 100 Å². The second-order valence-corrected chi connectivity index (χ2v) is 7.86. The Bertz CT molecular complexity index is 1230. The van der Waals surface area contributed by atoms with Gasteiger partial charge in [0.2, 0.25) is 5.91 Å². The lowest BCUT2D eigenvalue weighted by Crippen LogP contribution is -2.37. The fraction of sp³-hybridized carbons (Fsp3) is 0.167. The van der Waals surface area contributed by atoms with Crippen molar-refractivity contribution in [3.63, 3.8) is 0 Å². The number of benzene rings is 3. The number of hydroxylamine groups is 1. The van der Waals surface area contributed by atoms with E-state index in [0.29, 0.717) is 11.4 Å². The Morgan fingerprint density at radius 1 is 0.875 bits per heavy atom. The molecule has 8 heteroatoms. The Kier molecular flexibility index (Phi) is 4.71. The fourth-order valence-electron chi connectivity index (χ4n) is 4.39. The predicted octanol–water partition coefficient (Wildman–Crippen LogP) is 3.95. The van der Waals surface area contributed by atoms with Gasteiger partial charge in [0.25, 0.3) is 11.6 Å². The van der Waals surface area contributed by atoms with Crippen molar-refractivity contribution in [2.45, 2.75) is 19.1 Å². The van der Waals surface area contributed by atoms with Crippen LogP contribution in [0.25, 0.3) is 0 Å². The molecule has 2 fully saturated rings. The SMILES string of the molecule is Cc1cccc(N2C(=O)[C@H]3[C@H](ON(c4cccc([N+](=O)[O-])c4)[C@@H]3c3ccccc3)C2=O)c1. The van der Waals surface area contributed by atoms with Crippen LogP contribution in [0.3, 0.4) is 0 Å². The normalized spacial score (nSPS) is 22.3. The first-order chi connectivity index (χ1) is 15.5. The monoisotopic (exact) mass is 429 g/mol. The van der Waals surface area contributed by atoms with Crippen LogP contribution in [-0.2, 0) is 14.4 Å². The van der Waals surface area contributed by atoms with Crippen LogP contribution in [0.5, 0.6) is 0 Å². The van der Waals surface area contributed by atoms with Gasteiger partial charge in [-0.3, -0.25) is 24.5 Å². The van der Waals surface area contributed by atoms with E-state index in [9.17, 15) is 19.7 Å². The predicted molar refractivity (Wildman–Crippen MR) is 117 cm³/mol. The second kappa shape index (κ2) is 7.58. The number of amides is 2. The number of rotatable bonds is 4. The van der Waals surface area contributed by atoms with Crippen molar-refractivity contribution in [1.29, 1.82) is 0 Å². The van der Waals surface area contributed by atoms with Crippen LogP contribution in [-0.4, -0.2) is 22.8 Å². The highest BCUT2D eigenvalue weighted by Gasteiger charge is 2.60. The summed E-state index contributed by atoms with van der Waals surface area (Å²) in [4.78, 5) is 44.8. The lowest BCUT2D eigenvalue weighted by molar-refractivity contribution is -0.384. The molecule has 0 spiro atoms. The number of carbonyl (C=O) groups excluding carboxylic acids is 2. The number of non-ortho nitro benzene ring substituents is 1. The number of anilines is 2. The van der Waals surface area contributed by atoms with Crippen LogP contribution in [0.1, 0.15) is 17.2 Å². The second-order valence-electron chi connectivity index (χ2n) is 7.86. The number of nitrogens with zero attached hydrogens (tertiary/aromatic N) is 3. The third kappa shape index (κ3) is 3.12. The van der Waals surface area contributed by atoms with Crippen LogP contribution in [0.4, 0.5) is 17.1 Å². The molecule has 3 aromatic rings. The average Bonchev–Trinajstić information content (AvgIpc) is 3.30. The highest BCUT2D eigenvalue weighted by molar-refractivity contribution is 6.24. The molecular weight excluding hydrogens is 410 g/mol. The molecule has 0 unspecified atom stereocenters. The van der Waals surface area contributed by atoms with E-state index in [1.165, 1.54) is 22.1 Å². The van der Waals surface area contributed by atoms with Crippen LogP contribution in [0.15, 0.2) is 78.9 Å². The molecular formula is C24H19N3O5. The molecule has 5 rings (SSSR count). The topological polar surface area (TPSA) is 93.0 Å². The number of nitro benzene ring substituents is 1. The van der Waals surface area contributed by atoms with Crippen molar-refractivity contribution < 1.29 is 19.3 Å². The number of fused-ring (bicyclic) bond motifs is 1. The van der Waals surface area contributed by atoms with Gasteiger partial charge in [-0.15, -0.1) is 0 Å². The molecule has 32 heavy (non-hydrogen) atoms. The minimum absolute atomic E-state index is 0.103. The van der Waals surface area contributed by atoms with Crippen molar-refractivity contribution in [2.24, 2.45) is 5.92 Å². The summed E-state index contributed by atoms with van der Waals surface area (Å²) < 4.78 is 0. The maximum absolute atomic E-state index is 13.5. The van der Waals surface area contributed by atoms with E-state index in [1.807, 2.05) is 43.3 Å². The maximum atomic E-state index is 13.5. The van der Waals surface area contributed by atoms with E-state index in [0.717, 1.165) is 11.1 Å². The minimum atomic E-state index is -1.02. The van der Waals surface area contributed by atoms with Gasteiger partial charge in [0, 0.05) is 12.1 Å². The summed E-state index contributed by atoms with van der Waals surface area (Å²) in [5, 5.41) is 12.7. The molecule has 8 nitrogen and oxygen atoms in total. The highest BCUT2D eigenvalue weighted by atomic mass is 16.7. The lowest BCUT2D eigenvalue weighted by atomic mass is 9.90. The molecule has 0 N–H and O–H groups in total. The number of aryl methyl sites for hydroxylation is 1. The summed E-state index contributed by atoms with van der Waals surface area (Å²) in [6.07, 6.45) is -1.02. The molecule has 3 aromatic carbocycles. The van der Waals surface area contributed by atoms with Gasteiger partial charge in [-0.2, -0.15) is 0 Å². The molecule has 2 aliphatic heterocycles. The summed E-state index contributed by atoms with van der Waals surface area (Å²) in [6, 6.07) is 21.8. The van der Waals surface area contributed by atoms with Crippen LogP contribution in [0.2, 0.25) is 0 Å². The summed E-state index contributed by atoms with van der Waals surface area (Å²) in [7, 11) is 0. The summed E-state index contributed by atoms with van der Waals surface area (Å²) in [5.74, 6) is -1.59. The molecule has 0 aromatic heterocycles. The van der Waals surface area contributed by atoms with Crippen molar-refractivity contribution >= 4 is 28.9 Å². The number of carbonyl (C=O) groups is 2. The van der Waals surface area contributed by atoms with Crippen molar-refractivity contribution in [1.82, 2.24) is 0 Å². The molecule has 3 atom stereocenters. The van der Waals surface area contributed by atoms with Crippen LogP contribution in [0, 0.1) is 23.0 Å². The van der Waals surface area contributed by atoms with E-state index >= 15 is 0 Å². The van der Waals surface area contributed by atoms with E-state index in [2.05, 4.69) is 0 Å². The number of hydrogen-bond acceptors (Lipinski definition) is 6. The summed E-state index contributed by atoms with van der Waals surface area (Å²) in [5.41, 5.74) is 2.52. The highest BCUT2D eigenvalue weighted by Crippen LogP contribution is 2.47. The van der Waals surface area contributed by atoms with Crippen LogP contribution >= 0.6 is 0 Å². The molecule has 2 aliphatic rings. The lowest BCUT2D eigenvalue weighted by Gasteiger charge is -2.28. The molecule has 2 saturated heterocycles. The average molecular weight is 429 g/mol. The zero-order chi connectivity index (χ0) is 22.4. The first-order valence-corrected chi connectivity index (χ1v) is 10.2. The van der Waals surface area contributed by atoms with E-state index in [4.69, 9.17) is 4.84 Å². The first-order valence-electron chi connectivity index (χ1n) is 10.2. The molecule has 2 amide bonds. The third-order valence-electron chi connectivity index (χ3n) is 5.81. The smallest absolute Gasteiger partial charge is 0.271 e. The molecule has 160 valence electrons. The molecule has 0 radical (unpaired) electrons. The van der Waals surface area contributed by atoms with Crippen molar-refractivity contribution in [2.75, 3.05) is 9.96 Å². The molecule has 2 heterocycles. The Labute approximate surface area is 183 Å². The summed E-state index contributed by atoms with van der Waals surface area (Å²) >= 11 is 0. The zero-order valence-electron chi connectivity index (χ0n) is 17.1. The Balaban J connectivity index is 1.59. The molecule has 0 aliphatic carbocycles. The van der Waals surface area contributed by atoms with E-state index in [-0.39, 0.29) is 11.6 Å². The van der Waals surface area contributed by atoms with Gasteiger partial charge in [0.05, 0.1) is 22.3 Å². The van der Waals surface area contributed by atoms with Gasteiger partial charge in [-0.25, -0.2) is 9.96 Å². The standard InChI is InChI=1S/C24H19N3O5/c1-15-7-5-10-17(13-15)25-23(28)20-21(16-8-3-2-4-9-16)26(32-22(20)24(25)29)18-11-6-12-19(14-18)27(30)31/h2-14,20-22H,1H3/t20-,21-,22+/m1/s1. The minimum Gasteiger partial charge on any atom is -0.273 e. The van der Waals surface area contributed by atoms with Crippen LogP contribution < -0.4 is 9.96 Å². The number of imide groups is 1. The van der Waals surface area contributed by atoms with E-state index in [1.54, 1.807) is 30.3 Å². The fourth-order valence-corrected chi connectivity index (χ4v) is 4.39. The number of nitro groups is 1. The first kappa shape index (κ1) is 19.9. The zero-order valence-corrected chi connectivity index (χ0v) is 17.1. The quantitative estimate of drug-likeness (QED) is 0.354. The Morgan fingerprint density at radius 3 is 2.31 bits per heavy atom. The Hall–Kier alpha value is -4.04. The van der Waals surface area contributed by atoms with Gasteiger partial charge in [0.1, 0.15) is 5.92 Å². The maximum Gasteiger partial charge on any atom is 0.271 e. The summed E-state index contributed by atoms with van der Waals surface area (Å²) in [6.45, 7) is 1.89. The van der Waals surface area contributed by atoms with Gasteiger partial charge in [-0.1, -0.05) is 48.5 Å².